The molecule has 0 saturated carbocycles. The minimum atomic E-state index is -1.13. The number of anilines is 1. The molecule has 2 aromatic rings. The predicted molar refractivity (Wildman–Crippen MR) is 124 cm³/mol. The van der Waals surface area contributed by atoms with Crippen LogP contribution in [0.2, 0.25) is 25.7 Å². The zero-order valence-electron chi connectivity index (χ0n) is 19.5. The molecule has 0 atom stereocenters. The number of fused-ring (bicyclic) bond motifs is 1. The van der Waals surface area contributed by atoms with E-state index in [0.717, 1.165) is 48.0 Å². The molecule has 30 heavy (non-hydrogen) atoms. The molecule has 8 heteroatoms. The Kier molecular flexibility index (Phi) is 6.36. The van der Waals surface area contributed by atoms with Crippen LogP contribution in [0.3, 0.4) is 0 Å². The SMILES string of the molecule is Cc1c(N2CCN(C(=O)OC(C)(C)C)CC2)ncc2c1ccn2OCC[Si](C)(C)C. The fourth-order valence-electron chi connectivity index (χ4n) is 3.52. The van der Waals surface area contributed by atoms with Crippen LogP contribution < -0.4 is 9.74 Å². The monoisotopic (exact) mass is 432 g/mol. The van der Waals surface area contributed by atoms with Gasteiger partial charge in [0, 0.05) is 51.4 Å². The highest BCUT2D eigenvalue weighted by Gasteiger charge is 2.27. The molecule has 0 N–H and O–H groups in total. The molecule has 0 aliphatic carbocycles. The van der Waals surface area contributed by atoms with Crippen LogP contribution in [-0.2, 0) is 4.74 Å². The Hall–Kier alpha value is -2.22. The molecule has 1 aliphatic heterocycles. The van der Waals surface area contributed by atoms with Gasteiger partial charge in [0.25, 0.3) is 0 Å². The summed E-state index contributed by atoms with van der Waals surface area (Å²) >= 11 is 0. The van der Waals surface area contributed by atoms with Gasteiger partial charge in [-0.25, -0.2) is 9.78 Å². The van der Waals surface area contributed by atoms with Crippen molar-refractivity contribution < 1.29 is 14.4 Å². The van der Waals surface area contributed by atoms with Crippen molar-refractivity contribution >= 4 is 30.9 Å². The molecule has 0 radical (unpaired) electrons. The van der Waals surface area contributed by atoms with E-state index in [1.807, 2.05) is 37.9 Å². The van der Waals surface area contributed by atoms with E-state index in [9.17, 15) is 4.79 Å². The lowest BCUT2D eigenvalue weighted by Crippen LogP contribution is -2.50. The molecule has 3 heterocycles. The second-order valence-electron chi connectivity index (χ2n) is 10.2. The Morgan fingerprint density at radius 1 is 1.17 bits per heavy atom. The number of nitrogens with zero attached hydrogens (tertiary/aromatic N) is 4. The zero-order valence-corrected chi connectivity index (χ0v) is 20.5. The summed E-state index contributed by atoms with van der Waals surface area (Å²) in [6, 6.07) is 3.22. The molecule has 1 saturated heterocycles. The third kappa shape index (κ3) is 5.47. The average molecular weight is 433 g/mol. The van der Waals surface area contributed by atoms with Crippen LogP contribution in [0, 0.1) is 6.92 Å². The van der Waals surface area contributed by atoms with E-state index < -0.39 is 13.7 Å². The normalized spacial score (nSPS) is 15.6. The first-order valence-electron chi connectivity index (χ1n) is 10.8. The third-order valence-electron chi connectivity index (χ3n) is 5.25. The maximum absolute atomic E-state index is 12.3. The van der Waals surface area contributed by atoms with Crippen LogP contribution in [0.1, 0.15) is 26.3 Å². The van der Waals surface area contributed by atoms with E-state index in [2.05, 4.69) is 37.5 Å². The molecule has 7 nitrogen and oxygen atoms in total. The minimum absolute atomic E-state index is 0.241. The van der Waals surface area contributed by atoms with Crippen LogP contribution in [0.5, 0.6) is 0 Å². The topological polar surface area (TPSA) is 59.8 Å². The van der Waals surface area contributed by atoms with Crippen molar-refractivity contribution in [3.8, 4) is 0 Å². The van der Waals surface area contributed by atoms with Crippen LogP contribution in [0.25, 0.3) is 10.9 Å². The molecule has 166 valence electrons. The van der Waals surface area contributed by atoms with Crippen LogP contribution in [0.4, 0.5) is 10.6 Å². The molecular formula is C22H36N4O3Si. The van der Waals surface area contributed by atoms with Gasteiger partial charge in [-0.05, 0) is 39.8 Å². The van der Waals surface area contributed by atoms with Gasteiger partial charge in [-0.1, -0.05) is 19.6 Å². The number of piperazine rings is 1. The molecule has 0 spiro atoms. The molecule has 2 aromatic heterocycles. The van der Waals surface area contributed by atoms with Gasteiger partial charge in [-0.3, -0.25) is 0 Å². The molecule has 0 unspecified atom stereocenters. The number of aryl methyl sites for hydroxylation is 1. The Bertz CT molecular complexity index is 890. The molecule has 1 fully saturated rings. The maximum atomic E-state index is 12.3. The van der Waals surface area contributed by atoms with E-state index >= 15 is 0 Å². The van der Waals surface area contributed by atoms with Gasteiger partial charge in [-0.15, -0.1) is 0 Å². The number of carbonyl (C=O) groups is 1. The van der Waals surface area contributed by atoms with Crippen molar-refractivity contribution in [3.05, 3.63) is 24.0 Å². The number of aromatic nitrogens is 2. The molecule has 0 bridgehead atoms. The van der Waals surface area contributed by atoms with Crippen LogP contribution in [-0.4, -0.2) is 67.2 Å². The summed E-state index contributed by atoms with van der Waals surface area (Å²) in [6.45, 7) is 18.3. The van der Waals surface area contributed by atoms with Crippen molar-refractivity contribution in [1.29, 1.82) is 0 Å². The van der Waals surface area contributed by atoms with Crippen LogP contribution in [0.15, 0.2) is 18.5 Å². The van der Waals surface area contributed by atoms with Gasteiger partial charge >= 0.3 is 6.09 Å². The first kappa shape index (κ1) is 22.5. The number of hydrogen-bond donors (Lipinski definition) is 0. The second-order valence-corrected chi connectivity index (χ2v) is 15.9. The highest BCUT2D eigenvalue weighted by atomic mass is 28.3. The molecule has 1 aliphatic rings. The Labute approximate surface area is 180 Å². The zero-order chi connectivity index (χ0) is 22.1. The van der Waals surface area contributed by atoms with Crippen molar-refractivity contribution in [3.63, 3.8) is 0 Å². The van der Waals surface area contributed by atoms with Gasteiger partial charge in [0.15, 0.2) is 0 Å². The van der Waals surface area contributed by atoms with Crippen molar-refractivity contribution in [2.75, 3.05) is 37.7 Å². The summed E-state index contributed by atoms with van der Waals surface area (Å²) in [5, 5.41) is 1.16. The molecule has 1 amide bonds. The summed E-state index contributed by atoms with van der Waals surface area (Å²) in [7, 11) is -1.13. The summed E-state index contributed by atoms with van der Waals surface area (Å²) < 4.78 is 7.34. The van der Waals surface area contributed by atoms with Gasteiger partial charge < -0.3 is 19.4 Å². The first-order chi connectivity index (χ1) is 13.9. The quantitative estimate of drug-likeness (QED) is 0.664. The first-order valence-corrected chi connectivity index (χ1v) is 14.5. The lowest BCUT2D eigenvalue weighted by molar-refractivity contribution is 0.0240. The average Bonchev–Trinajstić information content (AvgIpc) is 3.04. The van der Waals surface area contributed by atoms with E-state index in [-0.39, 0.29) is 6.09 Å². The second kappa shape index (κ2) is 8.49. The molecule has 3 rings (SSSR count). The number of ether oxygens (including phenoxy) is 1. The summed E-state index contributed by atoms with van der Waals surface area (Å²) in [4.78, 5) is 27.1. The fourth-order valence-corrected chi connectivity index (χ4v) is 4.22. The van der Waals surface area contributed by atoms with E-state index in [0.29, 0.717) is 13.1 Å². The standard InChI is InChI=1S/C22H36N4O3Si/c1-17-18-8-9-26(28-14-15-30(5,6)7)19(18)16-23-20(17)24-10-12-25(13-11-24)21(27)29-22(2,3)4/h8-9,16H,10-15H2,1-7H3. The highest BCUT2D eigenvalue weighted by Crippen LogP contribution is 2.27. The largest absolute Gasteiger partial charge is 0.444 e. The van der Waals surface area contributed by atoms with E-state index in [1.165, 1.54) is 0 Å². The minimum Gasteiger partial charge on any atom is -0.444 e. The van der Waals surface area contributed by atoms with Gasteiger partial charge in [-0.2, -0.15) is 4.73 Å². The molecular weight excluding hydrogens is 396 g/mol. The van der Waals surface area contributed by atoms with E-state index in [1.54, 1.807) is 4.90 Å². The summed E-state index contributed by atoms with van der Waals surface area (Å²) in [5.74, 6) is 0.978. The number of hydrogen-bond acceptors (Lipinski definition) is 5. The number of rotatable bonds is 5. The van der Waals surface area contributed by atoms with Crippen molar-refractivity contribution in [2.24, 2.45) is 0 Å². The lowest BCUT2D eigenvalue weighted by atomic mass is 10.1. The third-order valence-corrected chi connectivity index (χ3v) is 6.96. The Morgan fingerprint density at radius 3 is 2.43 bits per heavy atom. The maximum Gasteiger partial charge on any atom is 0.410 e. The summed E-state index contributed by atoms with van der Waals surface area (Å²) in [6.07, 6.45) is 3.63. The fraction of sp³-hybridized carbons (Fsp3) is 0.636. The van der Waals surface area contributed by atoms with Crippen molar-refractivity contribution in [2.45, 2.75) is 59.0 Å². The summed E-state index contributed by atoms with van der Waals surface area (Å²) in [5.41, 5.74) is 1.67. The Balaban J connectivity index is 1.66. The highest BCUT2D eigenvalue weighted by molar-refractivity contribution is 6.76. The van der Waals surface area contributed by atoms with Crippen molar-refractivity contribution in [1.82, 2.24) is 14.6 Å². The number of carbonyl (C=O) groups excluding carboxylic acids is 1. The predicted octanol–water partition coefficient (Wildman–Crippen LogP) is 4.17. The van der Waals surface area contributed by atoms with E-state index in [4.69, 9.17) is 14.6 Å². The number of amides is 1. The lowest BCUT2D eigenvalue weighted by Gasteiger charge is -2.36. The van der Waals surface area contributed by atoms with Gasteiger partial charge in [0.2, 0.25) is 0 Å². The smallest absolute Gasteiger partial charge is 0.410 e. The number of pyridine rings is 1. The Morgan fingerprint density at radius 2 is 1.83 bits per heavy atom. The van der Waals surface area contributed by atoms with Gasteiger partial charge in [0.1, 0.15) is 23.5 Å². The van der Waals surface area contributed by atoms with Gasteiger partial charge in [0.05, 0.1) is 6.20 Å². The van der Waals surface area contributed by atoms with Crippen LogP contribution >= 0.6 is 0 Å². The molecule has 0 aromatic carbocycles.